The first-order valence-corrected chi connectivity index (χ1v) is 1.52. The Hall–Kier alpha value is 0.500. The summed E-state index contributed by atoms with van der Waals surface area (Å²) in [5, 5.41) is 7.88. The van der Waals surface area contributed by atoms with Crippen molar-refractivity contribution in [2.45, 2.75) is 13.3 Å². The summed E-state index contributed by atoms with van der Waals surface area (Å²) in [4.78, 5) is 0. The van der Waals surface area contributed by atoms with Crippen molar-refractivity contribution in [2.24, 2.45) is 0 Å². The summed E-state index contributed by atoms with van der Waals surface area (Å²) in [7, 11) is 0. The van der Waals surface area contributed by atoms with Crippen molar-refractivity contribution >= 4 is 24.8 Å². The molecule has 0 saturated carbocycles. The molecule has 0 saturated heterocycles. The van der Waals surface area contributed by atoms with Gasteiger partial charge >= 0.3 is 0 Å². The van der Waals surface area contributed by atoms with E-state index < -0.39 is 0 Å². The molecule has 7 heavy (non-hydrogen) atoms. The summed E-state index contributed by atoms with van der Waals surface area (Å²) >= 11 is 0. The average molecular weight is 150 g/mol. The third-order valence-corrected chi connectivity index (χ3v) is 0.224. The lowest BCUT2D eigenvalue weighted by atomic mass is 10.5. The molecule has 0 amide bonds. The molecule has 0 spiro atoms. The van der Waals surface area contributed by atoms with E-state index in [2.05, 4.69) is 0 Å². The highest BCUT2D eigenvalue weighted by Crippen LogP contribution is 1.61. The topological polar surface area (TPSA) is 55.2 Å². The van der Waals surface area contributed by atoms with E-state index in [9.17, 15) is 0 Å². The van der Waals surface area contributed by atoms with Crippen molar-refractivity contribution in [3.63, 3.8) is 0 Å². The van der Waals surface area contributed by atoms with Crippen molar-refractivity contribution in [3.05, 3.63) is 0 Å². The van der Waals surface area contributed by atoms with Gasteiger partial charge in [-0.3, -0.25) is 0 Å². The fraction of sp³-hybridized carbons (Fsp3) is 1.00. The van der Waals surface area contributed by atoms with Gasteiger partial charge < -0.3 is 11.3 Å². The molecule has 0 rings (SSSR count). The lowest BCUT2D eigenvalue weighted by Crippen LogP contribution is -1.69. The van der Waals surface area contributed by atoms with Gasteiger partial charge in [0.2, 0.25) is 0 Å². The summed E-state index contributed by atoms with van der Waals surface area (Å²) in [6, 6.07) is 0. The van der Waals surface area contributed by atoms with Crippen LogP contribution < -0.4 is 6.15 Å². The minimum absolute atomic E-state index is 0. The minimum atomic E-state index is 0. The van der Waals surface area contributed by atoms with Crippen LogP contribution in [0.3, 0.4) is 0 Å². The zero-order valence-corrected chi connectivity index (χ0v) is 6.02. The van der Waals surface area contributed by atoms with Crippen LogP contribution >= 0.6 is 24.8 Å². The first kappa shape index (κ1) is 25.9. The van der Waals surface area contributed by atoms with Crippen LogP contribution in [0.5, 0.6) is 0 Å². The van der Waals surface area contributed by atoms with Crippen LogP contribution in [0.25, 0.3) is 0 Å². The Bertz CT molecular complexity index is 14.9. The van der Waals surface area contributed by atoms with Crippen LogP contribution in [0.15, 0.2) is 0 Å². The van der Waals surface area contributed by atoms with Crippen LogP contribution in [-0.2, 0) is 0 Å². The molecule has 0 aromatic heterocycles. The third-order valence-electron chi connectivity index (χ3n) is 0.224. The van der Waals surface area contributed by atoms with E-state index in [0.29, 0.717) is 6.61 Å². The second-order valence-corrected chi connectivity index (χ2v) is 0.724. The van der Waals surface area contributed by atoms with E-state index in [-0.39, 0.29) is 31.0 Å². The van der Waals surface area contributed by atoms with E-state index in [1.165, 1.54) is 0 Å². The van der Waals surface area contributed by atoms with Crippen molar-refractivity contribution in [1.82, 2.24) is 6.15 Å². The number of hydrogen-bond acceptors (Lipinski definition) is 2. The molecular weight excluding hydrogens is 137 g/mol. The van der Waals surface area contributed by atoms with E-state index >= 15 is 0 Å². The highest BCUT2D eigenvalue weighted by Gasteiger charge is 1.57. The molecule has 0 fully saturated rings. The van der Waals surface area contributed by atoms with Gasteiger partial charge in [-0.1, -0.05) is 6.92 Å². The largest absolute Gasteiger partial charge is 0.396 e. The monoisotopic (exact) mass is 149 g/mol. The average Bonchev–Trinajstić information content (AvgIpc) is 1.37. The van der Waals surface area contributed by atoms with Crippen LogP contribution in [0.1, 0.15) is 13.3 Å². The molecule has 0 aliphatic carbocycles. The zero-order chi connectivity index (χ0) is 3.41. The first-order chi connectivity index (χ1) is 1.91. The number of aliphatic hydroxyl groups is 1. The van der Waals surface area contributed by atoms with Gasteiger partial charge in [0.1, 0.15) is 0 Å². The summed E-state index contributed by atoms with van der Waals surface area (Å²) in [6.07, 6.45) is 0.875. The summed E-state index contributed by atoms with van der Waals surface area (Å²) in [5.74, 6) is 0. The quantitative estimate of drug-likeness (QED) is 0.593. The van der Waals surface area contributed by atoms with Gasteiger partial charge in [-0.05, 0) is 6.42 Å². The number of rotatable bonds is 1. The first-order valence-electron chi connectivity index (χ1n) is 1.52. The molecule has 50 valence electrons. The van der Waals surface area contributed by atoms with Gasteiger partial charge in [0.25, 0.3) is 0 Å². The normalized spacial score (nSPS) is 4.29. The van der Waals surface area contributed by atoms with Gasteiger partial charge in [-0.2, -0.15) is 0 Å². The van der Waals surface area contributed by atoms with E-state index in [4.69, 9.17) is 5.11 Å². The van der Waals surface area contributed by atoms with E-state index in [0.717, 1.165) is 6.42 Å². The molecule has 0 unspecified atom stereocenters. The lowest BCUT2D eigenvalue weighted by Gasteiger charge is -1.69. The smallest absolute Gasteiger partial charge is 0.0428 e. The summed E-state index contributed by atoms with van der Waals surface area (Å²) < 4.78 is 0. The van der Waals surface area contributed by atoms with Crippen molar-refractivity contribution in [2.75, 3.05) is 6.61 Å². The van der Waals surface area contributed by atoms with E-state index in [1.54, 1.807) is 0 Å². The molecule has 0 aromatic carbocycles. The molecule has 4 heteroatoms. The van der Waals surface area contributed by atoms with Crippen LogP contribution in [-0.4, -0.2) is 11.7 Å². The molecule has 4 N–H and O–H groups in total. The van der Waals surface area contributed by atoms with Gasteiger partial charge in [-0.25, -0.2) is 0 Å². The summed E-state index contributed by atoms with van der Waals surface area (Å²) in [5.41, 5.74) is 0. The number of aliphatic hydroxyl groups excluding tert-OH is 1. The van der Waals surface area contributed by atoms with E-state index in [1.807, 2.05) is 6.92 Å². The maximum Gasteiger partial charge on any atom is 0.0428 e. The molecule has 0 heterocycles. The fourth-order valence-corrected chi connectivity index (χ4v) is 0. The Morgan fingerprint density at radius 2 is 1.43 bits per heavy atom. The Kier molecular flexibility index (Phi) is 116. The molecule has 0 aliphatic heterocycles. The molecule has 0 atom stereocenters. The Morgan fingerprint density at radius 3 is 1.43 bits per heavy atom. The van der Waals surface area contributed by atoms with Gasteiger partial charge in [0.15, 0.2) is 0 Å². The Balaban J connectivity index is -0.0000000150. The standard InChI is InChI=1S/C3H8O.2ClH.H3N/c1-2-3-4;;;/h4H,2-3H2,1H3;2*1H;1H3. The second-order valence-electron chi connectivity index (χ2n) is 0.724. The number of hydrogen-bond donors (Lipinski definition) is 2. The zero-order valence-electron chi connectivity index (χ0n) is 4.39. The van der Waals surface area contributed by atoms with Gasteiger partial charge in [-0.15, -0.1) is 24.8 Å². The molecule has 0 aliphatic rings. The van der Waals surface area contributed by atoms with Gasteiger partial charge in [0, 0.05) is 6.61 Å². The molecule has 2 nitrogen and oxygen atoms in total. The Labute approximate surface area is 56.7 Å². The highest BCUT2D eigenvalue weighted by atomic mass is 35.5. The molecule has 0 aromatic rings. The lowest BCUT2D eigenvalue weighted by molar-refractivity contribution is 0.295. The fourth-order valence-electron chi connectivity index (χ4n) is 0. The second kappa shape index (κ2) is 31.5. The molecular formula is C3H13Cl2NO. The van der Waals surface area contributed by atoms with Gasteiger partial charge in [0.05, 0.1) is 0 Å². The SMILES string of the molecule is CCCO.Cl.Cl.N. The Morgan fingerprint density at radius 1 is 1.29 bits per heavy atom. The third kappa shape index (κ3) is 58.5. The number of halogens is 2. The van der Waals surface area contributed by atoms with Crippen molar-refractivity contribution in [1.29, 1.82) is 0 Å². The maximum atomic E-state index is 7.88. The molecule has 0 radical (unpaired) electrons. The summed E-state index contributed by atoms with van der Waals surface area (Å²) in [6.45, 7) is 2.25. The minimum Gasteiger partial charge on any atom is -0.396 e. The van der Waals surface area contributed by atoms with Crippen molar-refractivity contribution in [3.8, 4) is 0 Å². The van der Waals surface area contributed by atoms with Crippen LogP contribution in [0.2, 0.25) is 0 Å². The maximum absolute atomic E-state index is 7.88. The molecule has 0 bridgehead atoms. The van der Waals surface area contributed by atoms with Crippen molar-refractivity contribution < 1.29 is 5.11 Å². The highest BCUT2D eigenvalue weighted by molar-refractivity contribution is 5.85. The predicted octanol–water partition coefficient (Wildman–Crippen LogP) is 1.39. The van der Waals surface area contributed by atoms with Crippen LogP contribution in [0, 0.1) is 0 Å². The van der Waals surface area contributed by atoms with Crippen LogP contribution in [0.4, 0.5) is 0 Å². The predicted molar refractivity (Wildman–Crippen MR) is 36.9 cm³/mol.